The minimum atomic E-state index is -0.602. The summed E-state index contributed by atoms with van der Waals surface area (Å²) in [7, 11) is 3.96. The van der Waals surface area contributed by atoms with E-state index in [-0.39, 0.29) is 11.3 Å². The zero-order valence-electron chi connectivity index (χ0n) is 26.0. The number of rotatable bonds is 18. The maximum absolute atomic E-state index is 13.3. The SMILES string of the molecule is CCCCCCCCCCCCCCCCN1C(=O)C(=O)/C(=C(\O)c2ccc(C)cc2)C1c1ccc(N(C)C)cc1. The molecule has 0 spiro atoms. The Morgan fingerprint density at radius 1 is 0.732 bits per heavy atom. The number of hydrogen-bond donors (Lipinski definition) is 1. The largest absolute Gasteiger partial charge is 0.507 e. The first-order valence-electron chi connectivity index (χ1n) is 16.0. The molecule has 2 aromatic carbocycles. The van der Waals surface area contributed by atoms with Crippen LogP contribution in [0.1, 0.15) is 120 Å². The molecule has 0 saturated carbocycles. The Hall–Kier alpha value is -3.08. The highest BCUT2D eigenvalue weighted by Crippen LogP contribution is 2.40. The van der Waals surface area contributed by atoms with E-state index in [2.05, 4.69) is 6.92 Å². The Morgan fingerprint density at radius 2 is 1.22 bits per heavy atom. The first kappa shape index (κ1) is 32.4. The van der Waals surface area contributed by atoms with Crippen molar-refractivity contribution < 1.29 is 14.7 Å². The van der Waals surface area contributed by atoms with Gasteiger partial charge in [0.05, 0.1) is 11.6 Å². The Labute approximate surface area is 248 Å². The van der Waals surface area contributed by atoms with Crippen LogP contribution in [0.4, 0.5) is 5.69 Å². The Bertz CT molecular complexity index is 1120. The Balaban J connectivity index is 1.57. The number of hydrogen-bond acceptors (Lipinski definition) is 4. The maximum Gasteiger partial charge on any atom is 0.295 e. The van der Waals surface area contributed by atoms with Crippen LogP contribution in [0, 0.1) is 6.92 Å². The zero-order valence-corrected chi connectivity index (χ0v) is 26.0. The molecule has 0 aromatic heterocycles. The van der Waals surface area contributed by atoms with E-state index in [1.165, 1.54) is 70.6 Å². The number of aliphatic hydroxyl groups is 1. The number of amides is 1. The lowest BCUT2D eigenvalue weighted by Gasteiger charge is -2.26. The van der Waals surface area contributed by atoms with E-state index >= 15 is 0 Å². The first-order chi connectivity index (χ1) is 19.8. The summed E-state index contributed by atoms with van der Waals surface area (Å²) in [5.74, 6) is -1.22. The van der Waals surface area contributed by atoms with E-state index in [4.69, 9.17) is 0 Å². The summed E-state index contributed by atoms with van der Waals surface area (Å²) in [6, 6.07) is 14.7. The predicted molar refractivity (Wildman–Crippen MR) is 171 cm³/mol. The van der Waals surface area contributed by atoms with Gasteiger partial charge in [0.15, 0.2) is 0 Å². The van der Waals surface area contributed by atoms with E-state index in [0.29, 0.717) is 12.1 Å². The second-order valence-corrected chi connectivity index (χ2v) is 11.9. The molecule has 2 aromatic rings. The Morgan fingerprint density at radius 3 is 1.71 bits per heavy atom. The number of aliphatic hydroxyl groups excluding tert-OH is 1. The van der Waals surface area contributed by atoms with Crippen LogP contribution in [-0.2, 0) is 9.59 Å². The molecule has 3 rings (SSSR count). The van der Waals surface area contributed by atoms with Gasteiger partial charge >= 0.3 is 0 Å². The van der Waals surface area contributed by atoms with Crippen LogP contribution in [0.25, 0.3) is 5.76 Å². The van der Waals surface area contributed by atoms with Gasteiger partial charge in [-0.05, 0) is 31.0 Å². The van der Waals surface area contributed by atoms with E-state index in [1.54, 1.807) is 17.0 Å². The van der Waals surface area contributed by atoms with Crippen LogP contribution in [0.3, 0.4) is 0 Å². The van der Waals surface area contributed by atoms with Gasteiger partial charge in [0, 0.05) is 31.9 Å². The van der Waals surface area contributed by atoms with Gasteiger partial charge < -0.3 is 14.9 Å². The number of anilines is 1. The van der Waals surface area contributed by atoms with Crippen molar-refractivity contribution in [2.75, 3.05) is 25.5 Å². The molecule has 5 heteroatoms. The van der Waals surface area contributed by atoms with Gasteiger partial charge in [-0.25, -0.2) is 0 Å². The number of benzene rings is 2. The molecule has 224 valence electrons. The minimum Gasteiger partial charge on any atom is -0.507 e. The van der Waals surface area contributed by atoms with Gasteiger partial charge in [-0.1, -0.05) is 132 Å². The van der Waals surface area contributed by atoms with Gasteiger partial charge in [-0.15, -0.1) is 0 Å². The van der Waals surface area contributed by atoms with Crippen molar-refractivity contribution in [3.63, 3.8) is 0 Å². The lowest BCUT2D eigenvalue weighted by molar-refractivity contribution is -0.139. The predicted octanol–water partition coefficient (Wildman–Crippen LogP) is 8.96. The zero-order chi connectivity index (χ0) is 29.6. The molecule has 5 nitrogen and oxygen atoms in total. The fourth-order valence-corrected chi connectivity index (χ4v) is 5.76. The average Bonchev–Trinajstić information content (AvgIpc) is 3.22. The Kier molecular flexibility index (Phi) is 13.5. The minimum absolute atomic E-state index is 0.103. The second kappa shape index (κ2) is 17.0. The standard InChI is InChI=1S/C36H52N2O3/c1-5-6-7-8-9-10-11-12-13-14-15-16-17-18-27-38-33(29-23-25-31(26-24-29)37(3)4)32(35(40)36(38)41)34(39)30-21-19-28(2)20-22-30/h19-26,33,39H,5-18,27H2,1-4H3/b34-32-. The smallest absolute Gasteiger partial charge is 0.295 e. The molecule has 1 unspecified atom stereocenters. The highest BCUT2D eigenvalue weighted by molar-refractivity contribution is 6.46. The molecule has 1 aliphatic heterocycles. The monoisotopic (exact) mass is 560 g/mol. The van der Waals surface area contributed by atoms with E-state index in [9.17, 15) is 14.7 Å². The molecule has 1 saturated heterocycles. The number of aryl methyl sites for hydroxylation is 1. The molecule has 1 atom stereocenters. The summed E-state index contributed by atoms with van der Waals surface area (Å²) < 4.78 is 0. The fraction of sp³-hybridized carbons (Fsp3) is 0.556. The quantitative estimate of drug-likeness (QED) is 0.0855. The molecular weight excluding hydrogens is 508 g/mol. The number of carbonyl (C=O) groups excluding carboxylic acids is 2. The summed E-state index contributed by atoms with van der Waals surface area (Å²) in [6.07, 6.45) is 17.8. The van der Waals surface area contributed by atoms with Crippen molar-refractivity contribution in [2.24, 2.45) is 0 Å². The third kappa shape index (κ3) is 9.48. The number of unbranched alkanes of at least 4 members (excludes halogenated alkanes) is 13. The number of ketones is 1. The molecule has 0 bridgehead atoms. The van der Waals surface area contributed by atoms with E-state index in [0.717, 1.165) is 36.1 Å². The molecule has 0 aliphatic carbocycles. The van der Waals surface area contributed by atoms with Crippen LogP contribution < -0.4 is 4.90 Å². The summed E-state index contributed by atoms with van der Waals surface area (Å²) in [5.41, 5.74) is 3.68. The van der Waals surface area contributed by atoms with Crippen LogP contribution in [0.15, 0.2) is 54.1 Å². The summed E-state index contributed by atoms with van der Waals surface area (Å²) in [4.78, 5) is 30.2. The molecular formula is C36H52N2O3. The van der Waals surface area contributed by atoms with Crippen LogP contribution in [0.5, 0.6) is 0 Å². The highest BCUT2D eigenvalue weighted by Gasteiger charge is 2.45. The fourth-order valence-electron chi connectivity index (χ4n) is 5.76. The van der Waals surface area contributed by atoms with Gasteiger partial charge in [0.1, 0.15) is 5.76 Å². The molecule has 1 aliphatic rings. The van der Waals surface area contributed by atoms with Crippen LogP contribution in [0.2, 0.25) is 0 Å². The van der Waals surface area contributed by atoms with Crippen molar-refractivity contribution in [1.82, 2.24) is 4.90 Å². The van der Waals surface area contributed by atoms with Gasteiger partial charge in [-0.3, -0.25) is 9.59 Å². The van der Waals surface area contributed by atoms with Gasteiger partial charge in [0.25, 0.3) is 11.7 Å². The van der Waals surface area contributed by atoms with Crippen molar-refractivity contribution >= 4 is 23.1 Å². The van der Waals surface area contributed by atoms with Gasteiger partial charge in [0.2, 0.25) is 0 Å². The molecule has 41 heavy (non-hydrogen) atoms. The molecule has 0 radical (unpaired) electrons. The summed E-state index contributed by atoms with van der Waals surface area (Å²) in [5, 5.41) is 11.3. The third-order valence-electron chi connectivity index (χ3n) is 8.34. The van der Waals surface area contributed by atoms with Crippen molar-refractivity contribution in [2.45, 2.75) is 110 Å². The van der Waals surface area contributed by atoms with Crippen molar-refractivity contribution in [1.29, 1.82) is 0 Å². The van der Waals surface area contributed by atoms with Gasteiger partial charge in [-0.2, -0.15) is 0 Å². The third-order valence-corrected chi connectivity index (χ3v) is 8.34. The van der Waals surface area contributed by atoms with Crippen molar-refractivity contribution in [3.05, 3.63) is 70.8 Å². The summed E-state index contributed by atoms with van der Waals surface area (Å²) >= 11 is 0. The average molecular weight is 561 g/mol. The second-order valence-electron chi connectivity index (χ2n) is 11.9. The lowest BCUT2D eigenvalue weighted by atomic mass is 9.94. The number of nitrogens with zero attached hydrogens (tertiary/aromatic N) is 2. The number of carbonyl (C=O) groups is 2. The number of likely N-dealkylation sites (tertiary alicyclic amines) is 1. The lowest BCUT2D eigenvalue weighted by Crippen LogP contribution is -2.30. The van der Waals surface area contributed by atoms with E-state index < -0.39 is 17.7 Å². The van der Waals surface area contributed by atoms with Crippen LogP contribution in [-0.4, -0.2) is 42.3 Å². The normalized spacial score (nSPS) is 16.5. The summed E-state index contributed by atoms with van der Waals surface area (Å²) in [6.45, 7) is 4.75. The highest BCUT2D eigenvalue weighted by atomic mass is 16.3. The van der Waals surface area contributed by atoms with Crippen molar-refractivity contribution in [3.8, 4) is 0 Å². The topological polar surface area (TPSA) is 60.9 Å². The first-order valence-corrected chi connectivity index (χ1v) is 16.0. The molecule has 1 fully saturated rings. The number of Topliss-reactive ketones (excluding diaryl/α,β-unsaturated/α-hetero) is 1. The van der Waals surface area contributed by atoms with E-state index in [1.807, 2.05) is 62.3 Å². The maximum atomic E-state index is 13.3. The van der Waals surface area contributed by atoms with Crippen LogP contribution >= 0.6 is 0 Å². The molecule has 1 amide bonds. The molecule has 1 heterocycles. The molecule has 1 N–H and O–H groups in total.